The van der Waals surface area contributed by atoms with Gasteiger partial charge < -0.3 is 5.73 Å². The molecule has 0 bridgehead atoms. The lowest BCUT2D eigenvalue weighted by Gasteiger charge is -2.17. The van der Waals surface area contributed by atoms with Crippen molar-refractivity contribution in [1.82, 2.24) is 4.98 Å². The average molecular weight is 268 g/mol. The van der Waals surface area contributed by atoms with E-state index < -0.39 is 0 Å². The standard InChI is InChI=1S/C18H24N2/c1-11(2)14-6-7-15(16(9-14)12(3)4)18-17(19)8-13(5)10-20-18/h6-12H,19H2,1-5H3. The summed E-state index contributed by atoms with van der Waals surface area (Å²) < 4.78 is 0. The summed E-state index contributed by atoms with van der Waals surface area (Å²) in [5.74, 6) is 0.982. The Morgan fingerprint density at radius 2 is 1.70 bits per heavy atom. The average Bonchev–Trinajstić information content (AvgIpc) is 2.38. The van der Waals surface area contributed by atoms with Crippen molar-refractivity contribution >= 4 is 5.69 Å². The molecule has 2 N–H and O–H groups in total. The van der Waals surface area contributed by atoms with Gasteiger partial charge in [0.15, 0.2) is 0 Å². The molecule has 1 heterocycles. The van der Waals surface area contributed by atoms with Crippen LogP contribution in [0.2, 0.25) is 0 Å². The van der Waals surface area contributed by atoms with E-state index in [0.717, 1.165) is 22.5 Å². The largest absolute Gasteiger partial charge is 0.397 e. The van der Waals surface area contributed by atoms with Crippen molar-refractivity contribution < 1.29 is 0 Å². The van der Waals surface area contributed by atoms with Gasteiger partial charge >= 0.3 is 0 Å². The van der Waals surface area contributed by atoms with Crippen molar-refractivity contribution in [1.29, 1.82) is 0 Å². The number of pyridine rings is 1. The Morgan fingerprint density at radius 3 is 2.25 bits per heavy atom. The van der Waals surface area contributed by atoms with Crippen LogP contribution in [0.15, 0.2) is 30.5 Å². The number of hydrogen-bond donors (Lipinski definition) is 1. The highest BCUT2D eigenvalue weighted by atomic mass is 14.7. The number of benzene rings is 1. The molecule has 0 aliphatic rings. The molecule has 2 rings (SSSR count). The first kappa shape index (κ1) is 14.6. The Hall–Kier alpha value is -1.83. The number of anilines is 1. The van der Waals surface area contributed by atoms with Gasteiger partial charge in [-0.05, 0) is 41.5 Å². The van der Waals surface area contributed by atoms with Crippen molar-refractivity contribution in [2.24, 2.45) is 0 Å². The SMILES string of the molecule is Cc1cnc(-c2ccc(C(C)C)cc2C(C)C)c(N)c1. The minimum absolute atomic E-state index is 0.450. The first-order valence-electron chi connectivity index (χ1n) is 7.26. The quantitative estimate of drug-likeness (QED) is 0.861. The monoisotopic (exact) mass is 268 g/mol. The van der Waals surface area contributed by atoms with Crippen molar-refractivity contribution in [3.63, 3.8) is 0 Å². The highest BCUT2D eigenvalue weighted by Gasteiger charge is 2.14. The summed E-state index contributed by atoms with van der Waals surface area (Å²) in [6.45, 7) is 10.9. The van der Waals surface area contributed by atoms with Crippen LogP contribution in [-0.2, 0) is 0 Å². The summed E-state index contributed by atoms with van der Waals surface area (Å²) in [7, 11) is 0. The summed E-state index contributed by atoms with van der Waals surface area (Å²) in [6.07, 6.45) is 1.88. The summed E-state index contributed by atoms with van der Waals surface area (Å²) >= 11 is 0. The van der Waals surface area contributed by atoms with Gasteiger partial charge in [0.2, 0.25) is 0 Å². The lowest BCUT2D eigenvalue weighted by atomic mass is 9.90. The van der Waals surface area contributed by atoms with Crippen LogP contribution in [0, 0.1) is 6.92 Å². The predicted octanol–water partition coefficient (Wildman–Crippen LogP) is 4.89. The first-order chi connectivity index (χ1) is 9.40. The van der Waals surface area contributed by atoms with Crippen molar-refractivity contribution in [2.45, 2.75) is 46.5 Å². The molecular formula is C18H24N2. The second kappa shape index (κ2) is 5.66. The minimum atomic E-state index is 0.450. The van der Waals surface area contributed by atoms with Crippen molar-refractivity contribution in [3.8, 4) is 11.3 Å². The first-order valence-corrected chi connectivity index (χ1v) is 7.26. The molecule has 0 aliphatic heterocycles. The van der Waals surface area contributed by atoms with Gasteiger partial charge in [0.05, 0.1) is 11.4 Å². The maximum absolute atomic E-state index is 6.16. The summed E-state index contributed by atoms with van der Waals surface area (Å²) in [6, 6.07) is 8.64. The Morgan fingerprint density at radius 1 is 1.00 bits per heavy atom. The Bertz CT molecular complexity index is 613. The maximum Gasteiger partial charge on any atom is 0.0934 e. The molecule has 0 amide bonds. The molecule has 1 aromatic heterocycles. The second-order valence-corrected chi connectivity index (χ2v) is 6.11. The van der Waals surface area contributed by atoms with E-state index in [1.807, 2.05) is 19.2 Å². The minimum Gasteiger partial charge on any atom is -0.397 e. The van der Waals surface area contributed by atoms with E-state index in [-0.39, 0.29) is 0 Å². The van der Waals surface area contributed by atoms with Gasteiger partial charge in [-0.2, -0.15) is 0 Å². The normalized spacial score (nSPS) is 11.3. The number of aromatic nitrogens is 1. The molecule has 0 unspecified atom stereocenters. The number of aryl methyl sites for hydroxylation is 1. The molecule has 106 valence electrons. The fourth-order valence-electron chi connectivity index (χ4n) is 2.45. The lowest BCUT2D eigenvalue weighted by Crippen LogP contribution is -2.00. The molecule has 0 radical (unpaired) electrons. The number of nitrogens with zero attached hydrogens (tertiary/aromatic N) is 1. The molecule has 0 spiro atoms. The summed E-state index contributed by atoms with van der Waals surface area (Å²) in [5, 5.41) is 0. The molecule has 20 heavy (non-hydrogen) atoms. The van der Waals surface area contributed by atoms with E-state index in [4.69, 9.17) is 5.73 Å². The molecule has 1 aromatic carbocycles. The number of hydrogen-bond acceptors (Lipinski definition) is 2. The van der Waals surface area contributed by atoms with E-state index in [9.17, 15) is 0 Å². The van der Waals surface area contributed by atoms with E-state index in [0.29, 0.717) is 11.8 Å². The van der Waals surface area contributed by atoms with Crippen LogP contribution in [0.25, 0.3) is 11.3 Å². The van der Waals surface area contributed by atoms with Gasteiger partial charge in [-0.15, -0.1) is 0 Å². The molecule has 2 aromatic rings. The number of rotatable bonds is 3. The van der Waals surface area contributed by atoms with Gasteiger partial charge in [0, 0.05) is 11.8 Å². The second-order valence-electron chi connectivity index (χ2n) is 6.11. The molecule has 0 saturated carbocycles. The molecule has 2 heteroatoms. The van der Waals surface area contributed by atoms with E-state index >= 15 is 0 Å². The van der Waals surface area contributed by atoms with Crippen LogP contribution in [0.4, 0.5) is 5.69 Å². The highest BCUT2D eigenvalue weighted by molar-refractivity contribution is 5.76. The Labute approximate surface area is 122 Å². The fourth-order valence-corrected chi connectivity index (χ4v) is 2.45. The predicted molar refractivity (Wildman–Crippen MR) is 87.0 cm³/mol. The van der Waals surface area contributed by atoms with Crippen LogP contribution >= 0.6 is 0 Å². The molecule has 0 saturated heterocycles. The van der Waals surface area contributed by atoms with Crippen LogP contribution in [0.5, 0.6) is 0 Å². The Balaban J connectivity index is 2.61. The Kier molecular flexibility index (Phi) is 4.12. The third-order valence-corrected chi connectivity index (χ3v) is 3.67. The zero-order chi connectivity index (χ0) is 14.9. The highest BCUT2D eigenvalue weighted by Crippen LogP contribution is 2.33. The fraction of sp³-hybridized carbons (Fsp3) is 0.389. The van der Waals surface area contributed by atoms with Gasteiger partial charge in [0.25, 0.3) is 0 Å². The van der Waals surface area contributed by atoms with Crippen LogP contribution in [0.1, 0.15) is 56.2 Å². The topological polar surface area (TPSA) is 38.9 Å². The van der Waals surface area contributed by atoms with Crippen molar-refractivity contribution in [2.75, 3.05) is 5.73 Å². The number of nitrogens with two attached hydrogens (primary N) is 1. The van der Waals surface area contributed by atoms with E-state index in [1.54, 1.807) is 0 Å². The molecule has 0 fully saturated rings. The smallest absolute Gasteiger partial charge is 0.0934 e. The van der Waals surface area contributed by atoms with Crippen LogP contribution in [-0.4, -0.2) is 4.98 Å². The maximum atomic E-state index is 6.16. The molecular weight excluding hydrogens is 244 g/mol. The van der Waals surface area contributed by atoms with Crippen LogP contribution in [0.3, 0.4) is 0 Å². The van der Waals surface area contributed by atoms with Crippen LogP contribution < -0.4 is 5.73 Å². The number of nitrogen functional groups attached to an aromatic ring is 1. The third kappa shape index (κ3) is 2.84. The van der Waals surface area contributed by atoms with E-state index in [2.05, 4.69) is 50.9 Å². The molecule has 2 nitrogen and oxygen atoms in total. The summed E-state index contributed by atoms with van der Waals surface area (Å²) in [4.78, 5) is 4.54. The third-order valence-electron chi connectivity index (χ3n) is 3.67. The molecule has 0 atom stereocenters. The van der Waals surface area contributed by atoms with E-state index in [1.165, 1.54) is 11.1 Å². The van der Waals surface area contributed by atoms with Gasteiger partial charge in [-0.3, -0.25) is 4.98 Å². The van der Waals surface area contributed by atoms with Gasteiger partial charge in [-0.1, -0.05) is 45.9 Å². The van der Waals surface area contributed by atoms with Gasteiger partial charge in [-0.25, -0.2) is 0 Å². The zero-order valence-electron chi connectivity index (χ0n) is 13.1. The van der Waals surface area contributed by atoms with Gasteiger partial charge in [0.1, 0.15) is 0 Å². The zero-order valence-corrected chi connectivity index (χ0v) is 13.1. The lowest BCUT2D eigenvalue weighted by molar-refractivity contribution is 0.835. The molecule has 0 aliphatic carbocycles. The summed E-state index contributed by atoms with van der Waals surface area (Å²) in [5.41, 5.74) is 12.7. The van der Waals surface area contributed by atoms with Crippen molar-refractivity contribution in [3.05, 3.63) is 47.2 Å².